The zero-order valence-electron chi connectivity index (χ0n) is 10.6. The molecular weight excluding hydrogens is 331 g/mol. The number of halogens is 1. The normalized spacial score (nSPS) is 20.7. The summed E-state index contributed by atoms with van der Waals surface area (Å²) in [6.45, 7) is 6.76. The first-order chi connectivity index (χ1) is 7.63. The molecule has 0 aromatic heterocycles. The summed E-state index contributed by atoms with van der Waals surface area (Å²) in [7, 11) is 0. The third-order valence-electron chi connectivity index (χ3n) is 2.74. The van der Waals surface area contributed by atoms with Crippen molar-refractivity contribution < 1.29 is 4.79 Å². The highest BCUT2D eigenvalue weighted by Gasteiger charge is 2.17. The molecule has 5 nitrogen and oxygen atoms in total. The highest BCUT2D eigenvalue weighted by Crippen LogP contribution is 2.14. The number of carbonyl (C=O) groups is 1. The SMILES string of the molecule is CCNC(=O)CN=C(N)N1CCCC(C)C1.I. The largest absolute Gasteiger partial charge is 0.370 e. The number of hydrogen-bond acceptors (Lipinski definition) is 2. The van der Waals surface area contributed by atoms with Crippen molar-refractivity contribution in [2.24, 2.45) is 16.6 Å². The predicted molar refractivity (Wildman–Crippen MR) is 80.6 cm³/mol. The summed E-state index contributed by atoms with van der Waals surface area (Å²) in [6.07, 6.45) is 2.40. The molecule has 0 radical (unpaired) electrons. The molecule has 1 saturated heterocycles. The number of amides is 1. The minimum Gasteiger partial charge on any atom is -0.370 e. The maximum absolute atomic E-state index is 11.2. The summed E-state index contributed by atoms with van der Waals surface area (Å²) >= 11 is 0. The topological polar surface area (TPSA) is 70.7 Å². The molecule has 0 aromatic carbocycles. The number of likely N-dealkylation sites (N-methyl/N-ethyl adjacent to an activating group) is 1. The van der Waals surface area contributed by atoms with Crippen LogP contribution in [-0.2, 0) is 4.79 Å². The van der Waals surface area contributed by atoms with Gasteiger partial charge in [-0.1, -0.05) is 6.92 Å². The van der Waals surface area contributed by atoms with Crippen LogP contribution in [0.5, 0.6) is 0 Å². The first-order valence-corrected chi connectivity index (χ1v) is 5.95. The monoisotopic (exact) mass is 354 g/mol. The van der Waals surface area contributed by atoms with Gasteiger partial charge in [-0.2, -0.15) is 0 Å². The second-order valence-electron chi connectivity index (χ2n) is 4.32. The van der Waals surface area contributed by atoms with Gasteiger partial charge in [0.2, 0.25) is 5.91 Å². The van der Waals surface area contributed by atoms with Crippen molar-refractivity contribution in [3.63, 3.8) is 0 Å². The summed E-state index contributed by atoms with van der Waals surface area (Å²) in [5.41, 5.74) is 5.85. The number of nitrogens with zero attached hydrogens (tertiary/aromatic N) is 2. The Morgan fingerprint density at radius 3 is 2.88 bits per heavy atom. The molecule has 1 amide bonds. The molecule has 1 atom stereocenters. The number of rotatable bonds is 3. The van der Waals surface area contributed by atoms with E-state index in [2.05, 4.69) is 22.1 Å². The van der Waals surface area contributed by atoms with Crippen LogP contribution in [0.4, 0.5) is 0 Å². The van der Waals surface area contributed by atoms with Gasteiger partial charge in [0.25, 0.3) is 0 Å². The van der Waals surface area contributed by atoms with Gasteiger partial charge in [-0.3, -0.25) is 4.79 Å². The van der Waals surface area contributed by atoms with Gasteiger partial charge >= 0.3 is 0 Å². The maximum atomic E-state index is 11.2. The van der Waals surface area contributed by atoms with Gasteiger partial charge in [-0.15, -0.1) is 24.0 Å². The Morgan fingerprint density at radius 2 is 2.29 bits per heavy atom. The van der Waals surface area contributed by atoms with Crippen molar-refractivity contribution in [2.75, 3.05) is 26.2 Å². The van der Waals surface area contributed by atoms with E-state index in [0.717, 1.165) is 19.5 Å². The zero-order chi connectivity index (χ0) is 12.0. The van der Waals surface area contributed by atoms with Crippen molar-refractivity contribution in [3.8, 4) is 0 Å². The molecule has 1 rings (SSSR count). The van der Waals surface area contributed by atoms with Crippen LogP contribution in [0, 0.1) is 5.92 Å². The standard InChI is InChI=1S/C11H22N4O.HI/c1-3-13-10(16)7-14-11(12)15-6-4-5-9(2)8-15;/h9H,3-8H2,1-2H3,(H2,12,14)(H,13,16);1H. The molecule has 1 aliphatic heterocycles. The summed E-state index contributed by atoms with van der Waals surface area (Å²) in [6, 6.07) is 0. The second kappa shape index (κ2) is 8.54. The molecular formula is C11H23IN4O. The van der Waals surface area contributed by atoms with E-state index in [1.54, 1.807) is 0 Å². The molecule has 0 spiro atoms. The molecule has 6 heteroatoms. The lowest BCUT2D eigenvalue weighted by molar-refractivity contribution is -0.119. The average molecular weight is 354 g/mol. The third-order valence-corrected chi connectivity index (χ3v) is 2.74. The van der Waals surface area contributed by atoms with Crippen LogP contribution in [0.1, 0.15) is 26.7 Å². The molecule has 3 N–H and O–H groups in total. The predicted octanol–water partition coefficient (Wildman–Crippen LogP) is 0.787. The Morgan fingerprint density at radius 1 is 1.59 bits per heavy atom. The Bertz CT molecular complexity index is 270. The first-order valence-electron chi connectivity index (χ1n) is 5.95. The maximum Gasteiger partial charge on any atom is 0.241 e. The smallest absolute Gasteiger partial charge is 0.241 e. The molecule has 100 valence electrons. The molecule has 0 aromatic rings. The number of likely N-dealkylation sites (tertiary alicyclic amines) is 1. The summed E-state index contributed by atoms with van der Waals surface area (Å²) in [5, 5.41) is 2.69. The van der Waals surface area contributed by atoms with Crippen LogP contribution in [0.3, 0.4) is 0 Å². The molecule has 0 aliphatic carbocycles. The fourth-order valence-corrected chi connectivity index (χ4v) is 1.90. The van der Waals surface area contributed by atoms with Crippen molar-refractivity contribution in [2.45, 2.75) is 26.7 Å². The van der Waals surface area contributed by atoms with Gasteiger partial charge in [0.05, 0.1) is 0 Å². The second-order valence-corrected chi connectivity index (χ2v) is 4.32. The fraction of sp³-hybridized carbons (Fsp3) is 0.818. The molecule has 17 heavy (non-hydrogen) atoms. The van der Waals surface area contributed by atoms with E-state index in [1.165, 1.54) is 6.42 Å². The van der Waals surface area contributed by atoms with Gasteiger partial charge in [-0.25, -0.2) is 4.99 Å². The Balaban J connectivity index is 0.00000256. The number of hydrogen-bond donors (Lipinski definition) is 2. The van der Waals surface area contributed by atoms with E-state index < -0.39 is 0 Å². The van der Waals surface area contributed by atoms with Gasteiger partial charge in [-0.05, 0) is 25.7 Å². The molecule has 1 fully saturated rings. The van der Waals surface area contributed by atoms with Crippen LogP contribution in [0.15, 0.2) is 4.99 Å². The lowest BCUT2D eigenvalue weighted by atomic mass is 10.0. The number of guanidine groups is 1. The number of aliphatic imine (C=N–C) groups is 1. The van der Waals surface area contributed by atoms with Crippen molar-refractivity contribution in [1.29, 1.82) is 0 Å². The number of nitrogens with two attached hydrogens (primary N) is 1. The third kappa shape index (κ3) is 6.09. The summed E-state index contributed by atoms with van der Waals surface area (Å²) in [4.78, 5) is 17.4. The van der Waals surface area contributed by atoms with Crippen LogP contribution < -0.4 is 11.1 Å². The molecule has 1 unspecified atom stereocenters. The van der Waals surface area contributed by atoms with E-state index in [1.807, 2.05) is 6.92 Å². The Kier molecular flexibility index (Phi) is 8.28. The summed E-state index contributed by atoms with van der Waals surface area (Å²) in [5.74, 6) is 1.08. The van der Waals surface area contributed by atoms with E-state index in [0.29, 0.717) is 18.4 Å². The van der Waals surface area contributed by atoms with Crippen molar-refractivity contribution in [1.82, 2.24) is 10.2 Å². The highest BCUT2D eigenvalue weighted by atomic mass is 127. The minimum atomic E-state index is -0.0736. The van der Waals surface area contributed by atoms with Crippen LogP contribution in [0.2, 0.25) is 0 Å². The van der Waals surface area contributed by atoms with E-state index in [9.17, 15) is 4.79 Å². The molecule has 0 saturated carbocycles. The van der Waals surface area contributed by atoms with Crippen LogP contribution >= 0.6 is 24.0 Å². The minimum absolute atomic E-state index is 0. The quantitative estimate of drug-likeness (QED) is 0.447. The van der Waals surface area contributed by atoms with Crippen molar-refractivity contribution >= 4 is 35.8 Å². The highest BCUT2D eigenvalue weighted by molar-refractivity contribution is 14.0. The molecule has 0 bridgehead atoms. The van der Waals surface area contributed by atoms with Gasteiger partial charge in [0.15, 0.2) is 5.96 Å². The summed E-state index contributed by atoms with van der Waals surface area (Å²) < 4.78 is 0. The zero-order valence-corrected chi connectivity index (χ0v) is 12.9. The van der Waals surface area contributed by atoms with Crippen LogP contribution in [-0.4, -0.2) is 42.9 Å². The number of piperidine rings is 1. The van der Waals surface area contributed by atoms with E-state index in [-0.39, 0.29) is 36.4 Å². The number of carbonyl (C=O) groups excluding carboxylic acids is 1. The average Bonchev–Trinajstić information content (AvgIpc) is 2.26. The van der Waals surface area contributed by atoms with Gasteiger partial charge in [0.1, 0.15) is 6.54 Å². The number of nitrogens with one attached hydrogen (secondary N) is 1. The van der Waals surface area contributed by atoms with Crippen LogP contribution in [0.25, 0.3) is 0 Å². The van der Waals surface area contributed by atoms with Gasteiger partial charge in [0, 0.05) is 19.6 Å². The van der Waals surface area contributed by atoms with Gasteiger partial charge < -0.3 is 16.0 Å². The first kappa shape index (κ1) is 16.5. The Labute approximate surface area is 120 Å². The van der Waals surface area contributed by atoms with E-state index >= 15 is 0 Å². The Hall–Kier alpha value is -0.530. The van der Waals surface area contributed by atoms with Crippen molar-refractivity contribution in [3.05, 3.63) is 0 Å². The molecule has 1 aliphatic rings. The lowest BCUT2D eigenvalue weighted by Gasteiger charge is -2.31. The van der Waals surface area contributed by atoms with E-state index in [4.69, 9.17) is 5.73 Å². The fourth-order valence-electron chi connectivity index (χ4n) is 1.90. The lowest BCUT2D eigenvalue weighted by Crippen LogP contribution is -2.44. The molecule has 1 heterocycles.